The summed E-state index contributed by atoms with van der Waals surface area (Å²) < 4.78 is 2.19. The molecule has 3 nitrogen and oxygen atoms in total. The Kier molecular flexibility index (Phi) is 3.64. The minimum Gasteiger partial charge on any atom is -0.324 e. The highest BCUT2D eigenvalue weighted by Gasteiger charge is 2.21. The number of benzene rings is 1. The molecule has 1 heterocycles. The number of nitrogens with two attached hydrogens (primary N) is 1. The van der Waals surface area contributed by atoms with Crippen LogP contribution in [0, 0.1) is 5.92 Å². The van der Waals surface area contributed by atoms with Gasteiger partial charge in [0.2, 0.25) is 0 Å². The molecule has 0 aliphatic heterocycles. The maximum atomic E-state index is 6.26. The molecule has 1 aromatic carbocycles. The Hall–Kier alpha value is -1.06. The van der Waals surface area contributed by atoms with Gasteiger partial charge in [-0.2, -0.15) is 0 Å². The third-order valence-electron chi connectivity index (χ3n) is 3.21. The van der Waals surface area contributed by atoms with Crippen LogP contribution >= 0.6 is 11.6 Å². The first-order valence-corrected chi connectivity index (χ1v) is 6.72. The molecule has 2 aromatic rings. The molecule has 0 bridgehead atoms. The molecule has 0 amide bonds. The van der Waals surface area contributed by atoms with Gasteiger partial charge in [-0.25, -0.2) is 4.98 Å². The summed E-state index contributed by atoms with van der Waals surface area (Å²) >= 11 is 6.07. The molecule has 0 radical (unpaired) electrons. The predicted molar refractivity (Wildman–Crippen MR) is 76.9 cm³/mol. The third kappa shape index (κ3) is 2.25. The van der Waals surface area contributed by atoms with Crippen molar-refractivity contribution >= 4 is 22.6 Å². The summed E-state index contributed by atoms with van der Waals surface area (Å²) in [5.41, 5.74) is 8.28. The summed E-state index contributed by atoms with van der Waals surface area (Å²) in [6.45, 7) is 8.50. The monoisotopic (exact) mass is 265 g/mol. The highest BCUT2D eigenvalue weighted by Crippen LogP contribution is 2.28. The van der Waals surface area contributed by atoms with Crippen molar-refractivity contribution in [3.05, 3.63) is 29.0 Å². The number of nitrogens with zero attached hydrogens (tertiary/aromatic N) is 2. The van der Waals surface area contributed by atoms with Crippen molar-refractivity contribution in [2.24, 2.45) is 11.7 Å². The molecule has 0 aliphatic rings. The standard InChI is InChI=1S/C14H20ClN3/c1-8(2)13(16)14-17-11-6-5-10(15)7-12(11)18(14)9(3)4/h5-9,13H,16H2,1-4H3. The molecule has 0 spiro atoms. The molecule has 0 saturated carbocycles. The van der Waals surface area contributed by atoms with Crippen molar-refractivity contribution in [1.29, 1.82) is 0 Å². The van der Waals surface area contributed by atoms with Gasteiger partial charge in [-0.05, 0) is 38.0 Å². The summed E-state index contributed by atoms with van der Waals surface area (Å²) in [4.78, 5) is 4.68. The quantitative estimate of drug-likeness (QED) is 0.914. The summed E-state index contributed by atoms with van der Waals surface area (Å²) in [5.74, 6) is 1.30. The zero-order valence-electron chi connectivity index (χ0n) is 11.3. The lowest BCUT2D eigenvalue weighted by Crippen LogP contribution is -2.22. The van der Waals surface area contributed by atoms with Crippen LogP contribution in [0.3, 0.4) is 0 Å². The molecule has 2 rings (SSSR count). The maximum absolute atomic E-state index is 6.26. The molecule has 1 atom stereocenters. The van der Waals surface area contributed by atoms with E-state index in [1.54, 1.807) is 0 Å². The van der Waals surface area contributed by atoms with Gasteiger partial charge in [0.1, 0.15) is 5.82 Å². The fourth-order valence-electron chi connectivity index (χ4n) is 2.16. The Morgan fingerprint density at radius 1 is 1.22 bits per heavy atom. The van der Waals surface area contributed by atoms with E-state index in [1.165, 1.54) is 0 Å². The molecule has 4 heteroatoms. The molecule has 18 heavy (non-hydrogen) atoms. The molecule has 98 valence electrons. The van der Waals surface area contributed by atoms with E-state index < -0.39 is 0 Å². The molecule has 0 saturated heterocycles. The molecule has 0 aliphatic carbocycles. The van der Waals surface area contributed by atoms with Crippen molar-refractivity contribution < 1.29 is 0 Å². The second-order valence-electron chi connectivity index (χ2n) is 5.34. The van der Waals surface area contributed by atoms with Crippen LogP contribution in [-0.4, -0.2) is 9.55 Å². The fourth-order valence-corrected chi connectivity index (χ4v) is 2.33. The fraction of sp³-hybridized carbons (Fsp3) is 0.500. The van der Waals surface area contributed by atoms with Crippen molar-refractivity contribution in [3.8, 4) is 0 Å². The van der Waals surface area contributed by atoms with Gasteiger partial charge in [0, 0.05) is 11.1 Å². The lowest BCUT2D eigenvalue weighted by atomic mass is 10.0. The number of hydrogen-bond donors (Lipinski definition) is 1. The number of halogens is 1. The molecule has 1 unspecified atom stereocenters. The maximum Gasteiger partial charge on any atom is 0.127 e. The van der Waals surface area contributed by atoms with Crippen LogP contribution in [0.25, 0.3) is 11.0 Å². The van der Waals surface area contributed by atoms with E-state index in [4.69, 9.17) is 17.3 Å². The van der Waals surface area contributed by atoms with Gasteiger partial charge in [-0.15, -0.1) is 0 Å². The van der Waals surface area contributed by atoms with Gasteiger partial charge in [0.25, 0.3) is 0 Å². The summed E-state index contributed by atoms with van der Waals surface area (Å²) in [7, 11) is 0. The Morgan fingerprint density at radius 2 is 1.89 bits per heavy atom. The van der Waals surface area contributed by atoms with Gasteiger partial charge < -0.3 is 10.3 Å². The Morgan fingerprint density at radius 3 is 2.44 bits per heavy atom. The van der Waals surface area contributed by atoms with Crippen LogP contribution in [-0.2, 0) is 0 Å². The van der Waals surface area contributed by atoms with E-state index in [0.717, 1.165) is 21.9 Å². The highest BCUT2D eigenvalue weighted by molar-refractivity contribution is 6.31. The van der Waals surface area contributed by atoms with Crippen LogP contribution in [0.4, 0.5) is 0 Å². The van der Waals surface area contributed by atoms with E-state index in [2.05, 4.69) is 37.2 Å². The second-order valence-corrected chi connectivity index (χ2v) is 5.77. The topological polar surface area (TPSA) is 43.8 Å². The first kappa shape index (κ1) is 13.4. The highest BCUT2D eigenvalue weighted by atomic mass is 35.5. The first-order chi connectivity index (χ1) is 8.41. The SMILES string of the molecule is CC(C)C(N)c1nc2ccc(Cl)cc2n1C(C)C. The van der Waals surface area contributed by atoms with Crippen LogP contribution in [0.2, 0.25) is 5.02 Å². The Labute approximate surface area is 113 Å². The van der Waals surface area contributed by atoms with Crippen molar-refractivity contribution in [1.82, 2.24) is 9.55 Å². The number of aromatic nitrogens is 2. The van der Waals surface area contributed by atoms with Crippen LogP contribution in [0.15, 0.2) is 18.2 Å². The van der Waals surface area contributed by atoms with Crippen LogP contribution in [0.1, 0.15) is 45.6 Å². The van der Waals surface area contributed by atoms with Crippen LogP contribution in [0.5, 0.6) is 0 Å². The Bertz CT molecular complexity index is 557. The smallest absolute Gasteiger partial charge is 0.127 e. The average Bonchev–Trinajstić information content (AvgIpc) is 2.65. The summed E-state index contributed by atoms with van der Waals surface area (Å²) in [6, 6.07) is 6.03. The molecule has 1 aromatic heterocycles. The van der Waals surface area contributed by atoms with E-state index in [9.17, 15) is 0 Å². The number of imidazole rings is 1. The predicted octanol–water partition coefficient (Wildman–Crippen LogP) is 3.93. The van der Waals surface area contributed by atoms with E-state index in [1.807, 2.05) is 18.2 Å². The van der Waals surface area contributed by atoms with Gasteiger partial charge in [0.05, 0.1) is 17.1 Å². The minimum atomic E-state index is -0.0569. The van der Waals surface area contributed by atoms with Crippen LogP contribution < -0.4 is 5.73 Å². The normalized spacial score (nSPS) is 13.8. The third-order valence-corrected chi connectivity index (χ3v) is 3.45. The van der Waals surface area contributed by atoms with Gasteiger partial charge in [0.15, 0.2) is 0 Å². The van der Waals surface area contributed by atoms with Crippen molar-refractivity contribution in [2.75, 3.05) is 0 Å². The zero-order valence-corrected chi connectivity index (χ0v) is 12.1. The van der Waals surface area contributed by atoms with E-state index >= 15 is 0 Å². The Balaban J connectivity index is 2.69. The van der Waals surface area contributed by atoms with Gasteiger partial charge in [-0.3, -0.25) is 0 Å². The van der Waals surface area contributed by atoms with Crippen molar-refractivity contribution in [3.63, 3.8) is 0 Å². The summed E-state index contributed by atoms with van der Waals surface area (Å²) in [5, 5.41) is 0.731. The number of rotatable bonds is 3. The molecular weight excluding hydrogens is 246 g/mol. The molecular formula is C14H20ClN3. The molecule has 0 fully saturated rings. The van der Waals surface area contributed by atoms with E-state index in [0.29, 0.717) is 12.0 Å². The number of hydrogen-bond acceptors (Lipinski definition) is 2. The average molecular weight is 266 g/mol. The second kappa shape index (κ2) is 4.90. The minimum absolute atomic E-state index is 0.0569. The zero-order chi connectivity index (χ0) is 13.4. The molecule has 2 N–H and O–H groups in total. The van der Waals surface area contributed by atoms with Gasteiger partial charge >= 0.3 is 0 Å². The lowest BCUT2D eigenvalue weighted by molar-refractivity contribution is 0.453. The first-order valence-electron chi connectivity index (χ1n) is 6.34. The number of fused-ring (bicyclic) bond motifs is 1. The van der Waals surface area contributed by atoms with Gasteiger partial charge in [-0.1, -0.05) is 25.4 Å². The summed E-state index contributed by atoms with van der Waals surface area (Å²) in [6.07, 6.45) is 0. The van der Waals surface area contributed by atoms with Crippen molar-refractivity contribution in [2.45, 2.75) is 39.8 Å². The van der Waals surface area contributed by atoms with E-state index in [-0.39, 0.29) is 6.04 Å². The largest absolute Gasteiger partial charge is 0.324 e. The lowest BCUT2D eigenvalue weighted by Gasteiger charge is -2.20.